The van der Waals surface area contributed by atoms with Gasteiger partial charge in [-0.2, -0.15) is 0 Å². The second-order valence-corrected chi connectivity index (χ2v) is 5.65. The maximum atomic E-state index is 11.4. The van der Waals surface area contributed by atoms with Gasteiger partial charge in [-0.3, -0.25) is 0 Å². The summed E-state index contributed by atoms with van der Waals surface area (Å²) < 4.78 is 5.19. The molecule has 1 fully saturated rings. The van der Waals surface area contributed by atoms with Gasteiger partial charge in [0, 0.05) is 13.1 Å². The molecule has 4 heteroatoms. The summed E-state index contributed by atoms with van der Waals surface area (Å²) in [5.41, 5.74) is -0.409. The first-order valence-corrected chi connectivity index (χ1v) is 6.02. The van der Waals surface area contributed by atoms with E-state index in [1.807, 2.05) is 20.8 Å². The average Bonchev–Trinajstić information content (AvgIpc) is 2.12. The molecule has 4 nitrogen and oxygen atoms in total. The van der Waals surface area contributed by atoms with Crippen LogP contribution in [0.2, 0.25) is 0 Å². The molecule has 0 bridgehead atoms. The second kappa shape index (κ2) is 5.53. The zero-order chi connectivity index (χ0) is 12.2. The van der Waals surface area contributed by atoms with Crippen molar-refractivity contribution in [3.63, 3.8) is 0 Å². The highest BCUT2D eigenvalue weighted by atomic mass is 16.6. The number of amides is 1. The monoisotopic (exact) mass is 228 g/mol. The highest BCUT2D eigenvalue weighted by molar-refractivity contribution is 5.67. The van der Waals surface area contributed by atoms with Gasteiger partial charge in [-0.15, -0.1) is 0 Å². The predicted octanol–water partition coefficient (Wildman–Crippen LogP) is 1.85. The number of rotatable bonds is 2. The molecule has 1 heterocycles. The van der Waals surface area contributed by atoms with Crippen molar-refractivity contribution in [2.24, 2.45) is 5.92 Å². The minimum Gasteiger partial charge on any atom is -0.444 e. The number of alkyl carbamates (subject to hydrolysis) is 1. The summed E-state index contributed by atoms with van der Waals surface area (Å²) in [6.45, 7) is 8.58. The summed E-state index contributed by atoms with van der Waals surface area (Å²) in [6, 6.07) is 0. The Morgan fingerprint density at radius 3 is 2.75 bits per heavy atom. The van der Waals surface area contributed by atoms with E-state index in [1.165, 1.54) is 19.4 Å². The molecule has 16 heavy (non-hydrogen) atoms. The molecule has 1 rings (SSSR count). The average molecular weight is 228 g/mol. The first-order valence-electron chi connectivity index (χ1n) is 6.02. The van der Waals surface area contributed by atoms with Crippen molar-refractivity contribution in [3.8, 4) is 0 Å². The van der Waals surface area contributed by atoms with Gasteiger partial charge >= 0.3 is 6.09 Å². The maximum Gasteiger partial charge on any atom is 0.407 e. The third-order valence-electron chi connectivity index (χ3n) is 2.66. The van der Waals surface area contributed by atoms with E-state index < -0.39 is 5.60 Å². The Bertz CT molecular complexity index is 236. The third-order valence-corrected chi connectivity index (χ3v) is 2.66. The van der Waals surface area contributed by atoms with Crippen LogP contribution < -0.4 is 5.32 Å². The smallest absolute Gasteiger partial charge is 0.407 e. The van der Waals surface area contributed by atoms with E-state index in [0.717, 1.165) is 13.1 Å². The number of piperidine rings is 1. The van der Waals surface area contributed by atoms with Gasteiger partial charge < -0.3 is 15.0 Å². The Hall–Kier alpha value is -0.770. The van der Waals surface area contributed by atoms with Crippen molar-refractivity contribution in [2.45, 2.75) is 39.2 Å². The van der Waals surface area contributed by atoms with E-state index in [1.54, 1.807) is 0 Å². The second-order valence-electron chi connectivity index (χ2n) is 5.65. The molecule has 1 atom stereocenters. The fraction of sp³-hybridized carbons (Fsp3) is 0.917. The molecule has 0 spiro atoms. The molecule has 0 radical (unpaired) electrons. The van der Waals surface area contributed by atoms with Crippen LogP contribution in [0, 0.1) is 5.92 Å². The lowest BCUT2D eigenvalue weighted by molar-refractivity contribution is 0.0510. The van der Waals surface area contributed by atoms with Crippen LogP contribution >= 0.6 is 0 Å². The SMILES string of the molecule is CN1CCC[C@@H](CNC(=O)OC(C)(C)C)C1. The molecule has 0 aromatic carbocycles. The molecule has 1 amide bonds. The highest BCUT2D eigenvalue weighted by Gasteiger charge is 2.20. The maximum absolute atomic E-state index is 11.4. The van der Waals surface area contributed by atoms with E-state index >= 15 is 0 Å². The molecule has 94 valence electrons. The van der Waals surface area contributed by atoms with Crippen LogP contribution in [0.5, 0.6) is 0 Å². The van der Waals surface area contributed by atoms with Gasteiger partial charge in [0.25, 0.3) is 0 Å². The van der Waals surface area contributed by atoms with Crippen molar-refractivity contribution < 1.29 is 9.53 Å². The molecule has 0 unspecified atom stereocenters. The fourth-order valence-corrected chi connectivity index (χ4v) is 1.98. The van der Waals surface area contributed by atoms with Crippen LogP contribution in [0.3, 0.4) is 0 Å². The lowest BCUT2D eigenvalue weighted by Crippen LogP contribution is -2.40. The summed E-state index contributed by atoms with van der Waals surface area (Å²) in [5.74, 6) is 0.561. The van der Waals surface area contributed by atoms with Crippen LogP contribution in [-0.2, 0) is 4.74 Å². The Balaban J connectivity index is 2.21. The summed E-state index contributed by atoms with van der Waals surface area (Å²) in [5, 5.41) is 2.84. The molecule has 1 aliphatic rings. The minimum absolute atomic E-state index is 0.305. The van der Waals surface area contributed by atoms with Gasteiger partial charge in [0.15, 0.2) is 0 Å². The lowest BCUT2D eigenvalue weighted by Gasteiger charge is -2.30. The summed E-state index contributed by atoms with van der Waals surface area (Å²) in [7, 11) is 2.12. The van der Waals surface area contributed by atoms with Crippen molar-refractivity contribution in [1.82, 2.24) is 10.2 Å². The summed E-state index contributed by atoms with van der Waals surface area (Å²) in [6.07, 6.45) is 2.11. The van der Waals surface area contributed by atoms with Crippen LogP contribution in [0.1, 0.15) is 33.6 Å². The van der Waals surface area contributed by atoms with Crippen LogP contribution in [-0.4, -0.2) is 43.3 Å². The molecule has 1 saturated heterocycles. The quantitative estimate of drug-likeness (QED) is 0.784. The van der Waals surface area contributed by atoms with Crippen molar-refractivity contribution >= 4 is 6.09 Å². The number of carbonyl (C=O) groups is 1. The number of carbonyl (C=O) groups excluding carboxylic acids is 1. The number of hydrogen-bond acceptors (Lipinski definition) is 3. The molecule has 0 aromatic rings. The van der Waals surface area contributed by atoms with Crippen LogP contribution in [0.4, 0.5) is 4.79 Å². The van der Waals surface area contributed by atoms with Gasteiger partial charge in [-0.05, 0) is 53.1 Å². The first kappa shape index (κ1) is 13.3. The van der Waals surface area contributed by atoms with Gasteiger partial charge in [0.05, 0.1) is 0 Å². The van der Waals surface area contributed by atoms with Gasteiger partial charge in [-0.25, -0.2) is 4.79 Å². The van der Waals surface area contributed by atoms with Crippen molar-refractivity contribution in [1.29, 1.82) is 0 Å². The number of nitrogens with one attached hydrogen (secondary N) is 1. The number of hydrogen-bond donors (Lipinski definition) is 1. The molecule has 1 N–H and O–H groups in total. The van der Waals surface area contributed by atoms with Gasteiger partial charge in [0.1, 0.15) is 5.60 Å². The van der Waals surface area contributed by atoms with Gasteiger partial charge in [-0.1, -0.05) is 0 Å². The standard InChI is InChI=1S/C12H24N2O2/c1-12(2,3)16-11(15)13-8-10-6-5-7-14(4)9-10/h10H,5-9H2,1-4H3,(H,13,15)/t10-/m0/s1. The Kier molecular flexibility index (Phi) is 4.59. The number of ether oxygens (including phenoxy) is 1. The largest absolute Gasteiger partial charge is 0.444 e. The Morgan fingerprint density at radius 2 is 2.19 bits per heavy atom. The molecular formula is C12H24N2O2. The predicted molar refractivity (Wildman–Crippen MR) is 64.5 cm³/mol. The molecule has 0 aromatic heterocycles. The summed E-state index contributed by atoms with van der Waals surface area (Å²) >= 11 is 0. The third kappa shape index (κ3) is 5.35. The van der Waals surface area contributed by atoms with Crippen LogP contribution in [0.15, 0.2) is 0 Å². The van der Waals surface area contributed by atoms with Crippen molar-refractivity contribution in [3.05, 3.63) is 0 Å². The highest BCUT2D eigenvalue weighted by Crippen LogP contribution is 2.14. The Morgan fingerprint density at radius 1 is 1.50 bits per heavy atom. The van der Waals surface area contributed by atoms with Crippen LogP contribution in [0.25, 0.3) is 0 Å². The van der Waals surface area contributed by atoms with E-state index in [9.17, 15) is 4.79 Å². The zero-order valence-electron chi connectivity index (χ0n) is 10.9. The number of likely N-dealkylation sites (tertiary alicyclic amines) is 1. The zero-order valence-corrected chi connectivity index (χ0v) is 10.9. The van der Waals surface area contributed by atoms with Gasteiger partial charge in [0.2, 0.25) is 0 Å². The molecular weight excluding hydrogens is 204 g/mol. The number of nitrogens with zero attached hydrogens (tertiary/aromatic N) is 1. The van der Waals surface area contributed by atoms with Crippen molar-refractivity contribution in [2.75, 3.05) is 26.7 Å². The topological polar surface area (TPSA) is 41.6 Å². The normalized spacial score (nSPS) is 22.9. The van der Waals surface area contributed by atoms with E-state index in [4.69, 9.17) is 4.74 Å². The molecule has 0 aliphatic carbocycles. The van der Waals surface area contributed by atoms with E-state index in [2.05, 4.69) is 17.3 Å². The minimum atomic E-state index is -0.409. The lowest BCUT2D eigenvalue weighted by atomic mass is 9.99. The fourth-order valence-electron chi connectivity index (χ4n) is 1.98. The molecule has 0 saturated carbocycles. The van der Waals surface area contributed by atoms with E-state index in [-0.39, 0.29) is 6.09 Å². The summed E-state index contributed by atoms with van der Waals surface area (Å²) in [4.78, 5) is 13.7. The molecule has 1 aliphatic heterocycles. The van der Waals surface area contributed by atoms with E-state index in [0.29, 0.717) is 5.92 Å². The first-order chi connectivity index (χ1) is 7.37. The Labute approximate surface area is 98.3 Å².